The highest BCUT2D eigenvalue weighted by Crippen LogP contribution is 2.48. The van der Waals surface area contributed by atoms with E-state index >= 15 is 0 Å². The molecule has 0 aromatic carbocycles. The summed E-state index contributed by atoms with van der Waals surface area (Å²) in [7, 11) is 0. The van der Waals surface area contributed by atoms with Crippen molar-refractivity contribution in [3.63, 3.8) is 0 Å². The molecule has 0 radical (unpaired) electrons. The van der Waals surface area contributed by atoms with Crippen LogP contribution in [0.4, 0.5) is 0 Å². The molecule has 1 fully saturated rings. The molecule has 2 nitrogen and oxygen atoms in total. The lowest BCUT2D eigenvalue weighted by Gasteiger charge is -2.16. The Morgan fingerprint density at radius 1 is 1.57 bits per heavy atom. The van der Waals surface area contributed by atoms with Crippen LogP contribution in [0.5, 0.6) is 0 Å². The molecule has 0 aromatic rings. The largest absolute Gasteiger partial charge is 0.355 e. The van der Waals surface area contributed by atoms with Crippen molar-refractivity contribution in [3.05, 3.63) is 0 Å². The highest BCUT2D eigenvalue weighted by Gasteiger charge is 2.41. The van der Waals surface area contributed by atoms with Crippen LogP contribution in [0.15, 0.2) is 0 Å². The van der Waals surface area contributed by atoms with Gasteiger partial charge in [-0.05, 0) is 24.7 Å². The Bertz CT molecular complexity index is 201. The van der Waals surface area contributed by atoms with Gasteiger partial charge in [-0.3, -0.25) is 4.79 Å². The number of hydrogen-bond acceptors (Lipinski definition) is 1. The third-order valence-corrected chi connectivity index (χ3v) is 3.52. The van der Waals surface area contributed by atoms with Gasteiger partial charge in [-0.1, -0.05) is 20.3 Å². The summed E-state index contributed by atoms with van der Waals surface area (Å²) in [5.41, 5.74) is 0.441. The minimum atomic E-state index is -0.0610. The van der Waals surface area contributed by atoms with Gasteiger partial charge in [0.25, 0.3) is 0 Å². The lowest BCUT2D eigenvalue weighted by Crippen LogP contribution is -2.34. The van der Waals surface area contributed by atoms with Crippen molar-refractivity contribution < 1.29 is 4.79 Å². The van der Waals surface area contributed by atoms with Crippen LogP contribution >= 0.6 is 11.6 Å². The van der Waals surface area contributed by atoms with E-state index in [4.69, 9.17) is 11.6 Å². The lowest BCUT2D eigenvalue weighted by atomic mass is 10.0. The highest BCUT2D eigenvalue weighted by atomic mass is 35.5. The zero-order valence-electron chi connectivity index (χ0n) is 9.11. The van der Waals surface area contributed by atoms with Crippen molar-refractivity contribution >= 4 is 17.5 Å². The van der Waals surface area contributed by atoms with E-state index in [1.807, 2.05) is 6.92 Å². The fourth-order valence-corrected chi connectivity index (χ4v) is 1.88. The van der Waals surface area contributed by atoms with Crippen molar-refractivity contribution in [1.82, 2.24) is 5.32 Å². The van der Waals surface area contributed by atoms with Gasteiger partial charge >= 0.3 is 0 Å². The maximum atomic E-state index is 11.5. The number of carbonyl (C=O) groups is 1. The van der Waals surface area contributed by atoms with E-state index < -0.39 is 0 Å². The van der Waals surface area contributed by atoms with Gasteiger partial charge in [0.1, 0.15) is 0 Å². The topological polar surface area (TPSA) is 29.1 Å². The van der Waals surface area contributed by atoms with Crippen molar-refractivity contribution in [1.29, 1.82) is 0 Å². The monoisotopic (exact) mass is 217 g/mol. The Hall–Kier alpha value is -0.240. The van der Waals surface area contributed by atoms with Crippen LogP contribution in [0.2, 0.25) is 0 Å². The normalized spacial score (nSPS) is 20.2. The van der Waals surface area contributed by atoms with Crippen LogP contribution in [-0.2, 0) is 4.79 Å². The number of alkyl halides is 1. The van der Waals surface area contributed by atoms with Gasteiger partial charge in [-0.2, -0.15) is 0 Å². The first-order valence-corrected chi connectivity index (χ1v) is 6.01. The van der Waals surface area contributed by atoms with Gasteiger partial charge in [0.2, 0.25) is 5.91 Å². The summed E-state index contributed by atoms with van der Waals surface area (Å²) in [5.74, 6) is 0.448. The number of rotatable bonds is 6. The first-order chi connectivity index (χ1) is 6.63. The zero-order chi connectivity index (χ0) is 10.6. The number of carbonyl (C=O) groups excluding carboxylic acids is 1. The molecule has 1 aliphatic carbocycles. The molecule has 0 spiro atoms. The lowest BCUT2D eigenvalue weighted by molar-refractivity contribution is -0.124. The zero-order valence-corrected chi connectivity index (χ0v) is 9.86. The van der Waals surface area contributed by atoms with Gasteiger partial charge in [-0.15, -0.1) is 11.6 Å². The van der Waals surface area contributed by atoms with E-state index in [1.54, 1.807) is 0 Å². The number of halogens is 1. The minimum Gasteiger partial charge on any atom is -0.355 e. The molecule has 14 heavy (non-hydrogen) atoms. The number of nitrogens with one attached hydrogen (secondary N) is 1. The Labute approximate surface area is 91.4 Å². The number of amides is 1. The van der Waals surface area contributed by atoms with Crippen LogP contribution in [0.25, 0.3) is 0 Å². The van der Waals surface area contributed by atoms with E-state index in [0.29, 0.717) is 11.3 Å². The van der Waals surface area contributed by atoms with E-state index in [1.165, 1.54) is 25.7 Å². The van der Waals surface area contributed by atoms with Gasteiger partial charge in [0.05, 0.1) is 0 Å². The molecule has 0 bridgehead atoms. The third kappa shape index (κ3) is 3.16. The van der Waals surface area contributed by atoms with Crippen LogP contribution in [0.1, 0.15) is 39.5 Å². The van der Waals surface area contributed by atoms with Gasteiger partial charge < -0.3 is 5.32 Å². The second kappa shape index (κ2) is 5.01. The molecule has 1 saturated carbocycles. The van der Waals surface area contributed by atoms with Crippen molar-refractivity contribution in [3.8, 4) is 0 Å². The molecule has 0 heterocycles. The molecule has 3 heteroatoms. The van der Waals surface area contributed by atoms with Crippen molar-refractivity contribution in [2.24, 2.45) is 11.3 Å². The predicted molar refractivity (Wildman–Crippen MR) is 59.5 cm³/mol. The van der Waals surface area contributed by atoms with E-state index in [9.17, 15) is 4.79 Å². The maximum Gasteiger partial charge on any atom is 0.224 e. The Balaban J connectivity index is 2.23. The molecule has 0 saturated heterocycles. The van der Waals surface area contributed by atoms with E-state index in [2.05, 4.69) is 12.2 Å². The van der Waals surface area contributed by atoms with Gasteiger partial charge in [0, 0.05) is 18.3 Å². The van der Waals surface area contributed by atoms with Gasteiger partial charge in [0.15, 0.2) is 0 Å². The third-order valence-electron chi connectivity index (χ3n) is 3.05. The highest BCUT2D eigenvalue weighted by molar-refractivity contribution is 6.19. The molecular weight excluding hydrogens is 198 g/mol. The molecule has 1 aliphatic rings. The van der Waals surface area contributed by atoms with Crippen LogP contribution in [-0.4, -0.2) is 18.3 Å². The second-order valence-electron chi connectivity index (χ2n) is 4.52. The molecular formula is C11H20ClNO. The first kappa shape index (κ1) is 11.8. The maximum absolute atomic E-state index is 11.5. The average molecular weight is 218 g/mol. The van der Waals surface area contributed by atoms with Crippen LogP contribution in [0.3, 0.4) is 0 Å². The SMILES string of the molecule is CCCC1(CNC(=O)C(C)CCl)CC1. The summed E-state index contributed by atoms with van der Waals surface area (Å²) < 4.78 is 0. The Kier molecular flexibility index (Phi) is 4.24. The fraction of sp³-hybridized carbons (Fsp3) is 0.909. The first-order valence-electron chi connectivity index (χ1n) is 5.47. The molecule has 1 rings (SSSR count). The summed E-state index contributed by atoms with van der Waals surface area (Å²) in [4.78, 5) is 11.5. The molecule has 82 valence electrons. The van der Waals surface area contributed by atoms with Crippen LogP contribution < -0.4 is 5.32 Å². The minimum absolute atomic E-state index is 0.0610. The van der Waals surface area contributed by atoms with Gasteiger partial charge in [-0.25, -0.2) is 0 Å². The summed E-state index contributed by atoms with van der Waals surface area (Å²) in [6.45, 7) is 4.91. The van der Waals surface area contributed by atoms with E-state index in [-0.39, 0.29) is 11.8 Å². The average Bonchev–Trinajstić information content (AvgIpc) is 2.94. The summed E-state index contributed by atoms with van der Waals surface area (Å²) in [6.07, 6.45) is 5.00. The smallest absolute Gasteiger partial charge is 0.224 e. The molecule has 1 atom stereocenters. The predicted octanol–water partition coefficient (Wildman–Crippen LogP) is 2.56. The second-order valence-corrected chi connectivity index (χ2v) is 4.83. The Morgan fingerprint density at radius 2 is 2.21 bits per heavy atom. The van der Waals surface area contributed by atoms with Crippen molar-refractivity contribution in [2.45, 2.75) is 39.5 Å². The quantitative estimate of drug-likeness (QED) is 0.681. The summed E-state index contributed by atoms with van der Waals surface area (Å²) >= 11 is 5.61. The molecule has 1 N–H and O–H groups in total. The molecule has 0 aromatic heterocycles. The molecule has 1 unspecified atom stereocenters. The molecule has 0 aliphatic heterocycles. The standard InChI is InChI=1S/C11H20ClNO/c1-3-4-11(5-6-11)8-13-10(14)9(2)7-12/h9H,3-8H2,1-2H3,(H,13,14). The number of hydrogen-bond donors (Lipinski definition) is 1. The van der Waals surface area contributed by atoms with Crippen LogP contribution in [0, 0.1) is 11.3 Å². The van der Waals surface area contributed by atoms with Crippen molar-refractivity contribution in [2.75, 3.05) is 12.4 Å². The summed E-state index contributed by atoms with van der Waals surface area (Å²) in [6, 6.07) is 0. The Morgan fingerprint density at radius 3 is 2.64 bits per heavy atom. The summed E-state index contributed by atoms with van der Waals surface area (Å²) in [5, 5.41) is 3.00. The fourth-order valence-electron chi connectivity index (χ4n) is 1.74. The van der Waals surface area contributed by atoms with E-state index in [0.717, 1.165) is 6.54 Å². The molecule has 1 amide bonds.